The van der Waals surface area contributed by atoms with Gasteiger partial charge in [0, 0.05) is 31.7 Å². The molecule has 2 aliphatic rings. The van der Waals surface area contributed by atoms with Crippen LogP contribution in [-0.2, 0) is 0 Å². The molecular formula is C18H37N3. The number of nitrogens with zero attached hydrogens (tertiary/aromatic N) is 2. The highest BCUT2D eigenvalue weighted by Crippen LogP contribution is 2.42. The van der Waals surface area contributed by atoms with Crippen molar-refractivity contribution in [1.82, 2.24) is 15.1 Å². The van der Waals surface area contributed by atoms with Gasteiger partial charge in [-0.2, -0.15) is 0 Å². The highest BCUT2D eigenvalue weighted by atomic mass is 15.2. The van der Waals surface area contributed by atoms with Crippen LogP contribution in [0.4, 0.5) is 0 Å². The first kappa shape index (κ1) is 17.2. The van der Waals surface area contributed by atoms with Gasteiger partial charge in [-0.15, -0.1) is 0 Å². The zero-order valence-corrected chi connectivity index (χ0v) is 15.2. The zero-order chi connectivity index (χ0) is 15.6. The number of likely N-dealkylation sites (N-methyl/N-ethyl adjacent to an activating group) is 1. The van der Waals surface area contributed by atoms with Gasteiger partial charge in [0.15, 0.2) is 0 Å². The van der Waals surface area contributed by atoms with E-state index in [2.05, 4.69) is 56.9 Å². The lowest BCUT2D eigenvalue weighted by Crippen LogP contribution is -2.46. The fourth-order valence-corrected chi connectivity index (χ4v) is 4.66. The smallest absolute Gasteiger partial charge is 0.0254 e. The Morgan fingerprint density at radius 2 is 1.95 bits per heavy atom. The third-order valence-corrected chi connectivity index (χ3v) is 5.89. The van der Waals surface area contributed by atoms with E-state index in [-0.39, 0.29) is 0 Å². The van der Waals surface area contributed by atoms with E-state index in [1.807, 2.05) is 0 Å². The van der Waals surface area contributed by atoms with E-state index in [1.54, 1.807) is 0 Å². The van der Waals surface area contributed by atoms with Crippen LogP contribution in [0, 0.1) is 17.3 Å². The summed E-state index contributed by atoms with van der Waals surface area (Å²) in [6.07, 6.45) is 4.01. The molecule has 2 rings (SSSR count). The Hall–Kier alpha value is -0.120. The molecule has 0 aromatic heterocycles. The summed E-state index contributed by atoms with van der Waals surface area (Å²) in [5.41, 5.74) is 0.464. The van der Waals surface area contributed by atoms with Gasteiger partial charge < -0.3 is 15.1 Å². The van der Waals surface area contributed by atoms with Gasteiger partial charge in [0.1, 0.15) is 0 Å². The minimum atomic E-state index is 0.464. The quantitative estimate of drug-likeness (QED) is 0.813. The minimum absolute atomic E-state index is 0.464. The molecule has 2 fully saturated rings. The molecule has 0 aromatic rings. The predicted octanol–water partition coefficient (Wildman–Crippen LogP) is 2.67. The molecule has 0 radical (unpaired) electrons. The van der Waals surface area contributed by atoms with Crippen molar-refractivity contribution in [1.29, 1.82) is 0 Å². The number of nitrogens with one attached hydrogen (secondary N) is 1. The molecule has 4 unspecified atom stereocenters. The van der Waals surface area contributed by atoms with Crippen LogP contribution < -0.4 is 5.32 Å². The first-order valence-electron chi connectivity index (χ1n) is 8.97. The van der Waals surface area contributed by atoms with Gasteiger partial charge in [-0.3, -0.25) is 0 Å². The van der Waals surface area contributed by atoms with Crippen molar-refractivity contribution in [2.24, 2.45) is 17.3 Å². The van der Waals surface area contributed by atoms with Crippen LogP contribution in [0.3, 0.4) is 0 Å². The summed E-state index contributed by atoms with van der Waals surface area (Å²) in [4.78, 5) is 5.14. The van der Waals surface area contributed by atoms with E-state index in [9.17, 15) is 0 Å². The predicted molar refractivity (Wildman–Crippen MR) is 91.7 cm³/mol. The molecule has 1 saturated heterocycles. The van der Waals surface area contributed by atoms with Crippen LogP contribution in [0.15, 0.2) is 0 Å². The van der Waals surface area contributed by atoms with Crippen LogP contribution in [0.5, 0.6) is 0 Å². The molecule has 21 heavy (non-hydrogen) atoms. The number of rotatable bonds is 6. The molecule has 1 aliphatic carbocycles. The maximum Gasteiger partial charge on any atom is 0.0254 e. The van der Waals surface area contributed by atoms with Gasteiger partial charge >= 0.3 is 0 Å². The maximum absolute atomic E-state index is 3.85. The van der Waals surface area contributed by atoms with E-state index in [0.29, 0.717) is 11.5 Å². The Morgan fingerprint density at radius 1 is 1.24 bits per heavy atom. The average molecular weight is 296 g/mol. The van der Waals surface area contributed by atoms with Crippen molar-refractivity contribution in [2.75, 3.05) is 40.3 Å². The molecule has 4 atom stereocenters. The Labute approximate surface area is 132 Å². The van der Waals surface area contributed by atoms with Crippen molar-refractivity contribution in [3.8, 4) is 0 Å². The van der Waals surface area contributed by atoms with Gasteiger partial charge in [-0.05, 0) is 57.2 Å². The number of hydrogen-bond acceptors (Lipinski definition) is 3. The standard InChI is InChI=1S/C18H37N3/c1-7-10-19-17-15(8-9-18(17,3)4)12-21-11-14(2)16(13-21)20(5)6/h14-17,19H,7-13H2,1-6H3. The van der Waals surface area contributed by atoms with E-state index in [0.717, 1.165) is 17.9 Å². The van der Waals surface area contributed by atoms with E-state index in [4.69, 9.17) is 0 Å². The first-order valence-corrected chi connectivity index (χ1v) is 8.97. The van der Waals surface area contributed by atoms with Crippen molar-refractivity contribution in [2.45, 2.75) is 59.0 Å². The van der Waals surface area contributed by atoms with Crippen molar-refractivity contribution >= 4 is 0 Å². The van der Waals surface area contributed by atoms with E-state index in [1.165, 1.54) is 45.4 Å². The van der Waals surface area contributed by atoms with Gasteiger partial charge in [0.25, 0.3) is 0 Å². The minimum Gasteiger partial charge on any atom is -0.313 e. The van der Waals surface area contributed by atoms with Gasteiger partial charge in [0.05, 0.1) is 0 Å². The van der Waals surface area contributed by atoms with Crippen LogP contribution >= 0.6 is 0 Å². The Morgan fingerprint density at radius 3 is 2.52 bits per heavy atom. The zero-order valence-electron chi connectivity index (χ0n) is 15.2. The molecule has 124 valence electrons. The third kappa shape index (κ3) is 4.00. The van der Waals surface area contributed by atoms with Crippen LogP contribution in [0.2, 0.25) is 0 Å². The van der Waals surface area contributed by atoms with Crippen LogP contribution in [0.1, 0.15) is 47.0 Å². The SMILES string of the molecule is CCCNC1C(CN2CC(C)C(N(C)C)C2)CCC1(C)C. The molecule has 0 amide bonds. The lowest BCUT2D eigenvalue weighted by Gasteiger charge is -2.33. The maximum atomic E-state index is 3.85. The van der Waals surface area contributed by atoms with E-state index >= 15 is 0 Å². The number of likely N-dealkylation sites (tertiary alicyclic amines) is 1. The van der Waals surface area contributed by atoms with Crippen molar-refractivity contribution in [3.63, 3.8) is 0 Å². The third-order valence-electron chi connectivity index (χ3n) is 5.89. The lowest BCUT2D eigenvalue weighted by molar-refractivity contribution is 0.194. The molecule has 1 heterocycles. The summed E-state index contributed by atoms with van der Waals surface area (Å²) in [7, 11) is 4.46. The second-order valence-electron chi connectivity index (χ2n) is 8.45. The topological polar surface area (TPSA) is 18.5 Å². The summed E-state index contributed by atoms with van der Waals surface area (Å²) in [6, 6.07) is 1.44. The van der Waals surface area contributed by atoms with Crippen LogP contribution in [0.25, 0.3) is 0 Å². The van der Waals surface area contributed by atoms with Crippen LogP contribution in [-0.4, -0.2) is 62.2 Å². The summed E-state index contributed by atoms with van der Waals surface area (Å²) in [5, 5.41) is 3.85. The first-order chi connectivity index (χ1) is 9.85. The molecule has 1 saturated carbocycles. The van der Waals surface area contributed by atoms with Gasteiger partial charge in [-0.25, -0.2) is 0 Å². The fraction of sp³-hybridized carbons (Fsp3) is 1.00. The highest BCUT2D eigenvalue weighted by molar-refractivity contribution is 4.98. The molecule has 0 spiro atoms. The van der Waals surface area contributed by atoms with Crippen molar-refractivity contribution < 1.29 is 0 Å². The summed E-state index contributed by atoms with van der Waals surface area (Å²) in [6.45, 7) is 14.6. The molecular weight excluding hydrogens is 258 g/mol. The largest absolute Gasteiger partial charge is 0.313 e. The normalized spacial score (nSPS) is 36.7. The average Bonchev–Trinajstić information content (AvgIpc) is 2.89. The molecule has 0 aromatic carbocycles. The monoisotopic (exact) mass is 295 g/mol. The van der Waals surface area contributed by atoms with E-state index < -0.39 is 0 Å². The van der Waals surface area contributed by atoms with Crippen molar-refractivity contribution in [3.05, 3.63) is 0 Å². The Bertz CT molecular complexity index is 326. The molecule has 3 nitrogen and oxygen atoms in total. The lowest BCUT2D eigenvalue weighted by atomic mass is 9.84. The second-order valence-corrected chi connectivity index (χ2v) is 8.45. The highest BCUT2D eigenvalue weighted by Gasteiger charge is 2.43. The van der Waals surface area contributed by atoms with Gasteiger partial charge in [0.2, 0.25) is 0 Å². The second kappa shape index (κ2) is 6.97. The Balaban J connectivity index is 1.93. The fourth-order valence-electron chi connectivity index (χ4n) is 4.66. The molecule has 1 N–H and O–H groups in total. The number of hydrogen-bond donors (Lipinski definition) is 1. The van der Waals surface area contributed by atoms with Gasteiger partial charge in [-0.1, -0.05) is 27.7 Å². The summed E-state index contributed by atoms with van der Waals surface area (Å²) >= 11 is 0. The Kier molecular flexibility index (Phi) is 5.72. The molecule has 1 aliphatic heterocycles. The molecule has 3 heteroatoms. The summed E-state index contributed by atoms with van der Waals surface area (Å²) < 4.78 is 0. The molecule has 0 bridgehead atoms. The summed E-state index contributed by atoms with van der Waals surface area (Å²) in [5.74, 6) is 1.64.